The molecule has 10 heteroatoms. The fourth-order valence-corrected chi connectivity index (χ4v) is 2.09. The molecule has 0 amide bonds. The van der Waals surface area contributed by atoms with Gasteiger partial charge in [0.1, 0.15) is 11.8 Å². The average Bonchev–Trinajstić information content (AvgIpc) is 2.49. The molecular formula is C15H17NO9. The maximum atomic E-state index is 11.4. The van der Waals surface area contributed by atoms with E-state index in [1.165, 1.54) is 24.3 Å². The molecule has 0 bridgehead atoms. The number of hydrogen-bond donors (Lipinski definition) is 4. The van der Waals surface area contributed by atoms with E-state index in [1.54, 1.807) is 0 Å². The Morgan fingerprint density at radius 3 is 1.80 bits per heavy atom. The van der Waals surface area contributed by atoms with Gasteiger partial charge in [0.05, 0.1) is 13.1 Å². The van der Waals surface area contributed by atoms with Crippen LogP contribution >= 0.6 is 0 Å². The summed E-state index contributed by atoms with van der Waals surface area (Å²) in [5.41, 5.74) is 0.496. The van der Waals surface area contributed by atoms with Crippen molar-refractivity contribution in [1.29, 1.82) is 0 Å². The average molecular weight is 355 g/mol. The van der Waals surface area contributed by atoms with E-state index in [4.69, 9.17) is 20.1 Å². The smallest absolute Gasteiger partial charge is 0.341 e. The number of carboxylic acid groups (broad SMARTS) is 4. The van der Waals surface area contributed by atoms with E-state index in [-0.39, 0.29) is 12.2 Å². The molecule has 10 nitrogen and oxygen atoms in total. The Balaban J connectivity index is 2.88. The molecule has 4 N–H and O–H groups in total. The van der Waals surface area contributed by atoms with Crippen LogP contribution in [0, 0.1) is 0 Å². The lowest BCUT2D eigenvalue weighted by Crippen LogP contribution is -2.47. The zero-order chi connectivity index (χ0) is 19.0. The molecule has 0 saturated heterocycles. The lowest BCUT2D eigenvalue weighted by molar-refractivity contribution is -0.149. The van der Waals surface area contributed by atoms with Gasteiger partial charge in [0, 0.05) is 0 Å². The SMILES string of the molecule is O=C(O)COc1ccc(C[C@@H](C(=O)O)N(CC(=O)O)CC(=O)O)cc1. The molecule has 1 aromatic rings. The van der Waals surface area contributed by atoms with Crippen molar-refractivity contribution in [3.05, 3.63) is 29.8 Å². The van der Waals surface area contributed by atoms with Crippen molar-refractivity contribution < 1.29 is 44.3 Å². The summed E-state index contributed by atoms with van der Waals surface area (Å²) < 4.78 is 4.95. The van der Waals surface area contributed by atoms with Crippen LogP contribution in [0.25, 0.3) is 0 Å². The lowest BCUT2D eigenvalue weighted by Gasteiger charge is -2.25. The molecule has 1 aromatic carbocycles. The van der Waals surface area contributed by atoms with E-state index >= 15 is 0 Å². The van der Waals surface area contributed by atoms with Crippen molar-refractivity contribution in [2.75, 3.05) is 19.7 Å². The van der Waals surface area contributed by atoms with Gasteiger partial charge >= 0.3 is 23.9 Å². The minimum absolute atomic E-state index is 0.130. The molecule has 0 spiro atoms. The van der Waals surface area contributed by atoms with E-state index in [0.29, 0.717) is 5.56 Å². The molecule has 0 saturated carbocycles. The first-order valence-electron chi connectivity index (χ1n) is 7.03. The van der Waals surface area contributed by atoms with Gasteiger partial charge < -0.3 is 25.2 Å². The van der Waals surface area contributed by atoms with Gasteiger partial charge in [-0.1, -0.05) is 12.1 Å². The van der Waals surface area contributed by atoms with Crippen LogP contribution in [0.5, 0.6) is 5.75 Å². The first-order chi connectivity index (χ1) is 11.7. The lowest BCUT2D eigenvalue weighted by atomic mass is 10.0. The molecule has 25 heavy (non-hydrogen) atoms. The maximum Gasteiger partial charge on any atom is 0.341 e. The number of carbonyl (C=O) groups is 4. The van der Waals surface area contributed by atoms with Crippen molar-refractivity contribution in [3.8, 4) is 5.75 Å². The molecule has 0 aliphatic carbocycles. The summed E-state index contributed by atoms with van der Waals surface area (Å²) in [4.78, 5) is 44.4. The Morgan fingerprint density at radius 2 is 1.40 bits per heavy atom. The number of aliphatic carboxylic acids is 4. The topological polar surface area (TPSA) is 162 Å². The fourth-order valence-electron chi connectivity index (χ4n) is 2.09. The van der Waals surface area contributed by atoms with Gasteiger partial charge in [-0.05, 0) is 24.1 Å². The zero-order valence-corrected chi connectivity index (χ0v) is 13.0. The van der Waals surface area contributed by atoms with Crippen LogP contribution in [0.2, 0.25) is 0 Å². The summed E-state index contributed by atoms with van der Waals surface area (Å²) in [6.45, 7) is -1.99. The third-order valence-electron chi connectivity index (χ3n) is 3.12. The Hall–Kier alpha value is -3.14. The molecule has 136 valence electrons. The molecule has 0 aliphatic rings. The highest BCUT2D eigenvalue weighted by molar-refractivity contribution is 5.78. The normalized spacial score (nSPS) is 11.7. The summed E-state index contributed by atoms with van der Waals surface area (Å²) in [6, 6.07) is 4.52. The van der Waals surface area contributed by atoms with Crippen molar-refractivity contribution in [2.45, 2.75) is 12.5 Å². The molecule has 1 rings (SSSR count). The van der Waals surface area contributed by atoms with Crippen LogP contribution in [0.1, 0.15) is 5.56 Å². The number of benzene rings is 1. The third kappa shape index (κ3) is 7.31. The summed E-state index contributed by atoms with van der Waals surface area (Å²) in [5.74, 6) is -4.91. The molecule has 0 fully saturated rings. The number of hydrogen-bond acceptors (Lipinski definition) is 6. The summed E-state index contributed by atoms with van der Waals surface area (Å²) >= 11 is 0. The van der Waals surface area contributed by atoms with Gasteiger partial charge in [-0.3, -0.25) is 19.3 Å². The number of rotatable bonds is 11. The van der Waals surface area contributed by atoms with Gasteiger partial charge in [-0.25, -0.2) is 4.79 Å². The zero-order valence-electron chi connectivity index (χ0n) is 13.0. The second kappa shape index (κ2) is 9.23. The Morgan fingerprint density at radius 1 is 0.880 bits per heavy atom. The van der Waals surface area contributed by atoms with Crippen LogP contribution in [-0.4, -0.2) is 74.9 Å². The van der Waals surface area contributed by atoms with E-state index in [0.717, 1.165) is 4.90 Å². The highest BCUT2D eigenvalue weighted by atomic mass is 16.5. The van der Waals surface area contributed by atoms with E-state index in [1.807, 2.05) is 0 Å². The van der Waals surface area contributed by atoms with Crippen molar-refractivity contribution in [3.63, 3.8) is 0 Å². The molecule has 0 radical (unpaired) electrons. The van der Waals surface area contributed by atoms with Crippen LogP contribution in [-0.2, 0) is 25.6 Å². The molecule has 0 heterocycles. The Labute approximate surface area is 141 Å². The molecular weight excluding hydrogens is 338 g/mol. The predicted octanol–water partition coefficient (Wildman–Crippen LogP) is -0.383. The van der Waals surface area contributed by atoms with Gasteiger partial charge in [-0.15, -0.1) is 0 Å². The van der Waals surface area contributed by atoms with E-state index in [9.17, 15) is 24.3 Å². The first-order valence-corrected chi connectivity index (χ1v) is 7.03. The summed E-state index contributed by atoms with van der Waals surface area (Å²) in [7, 11) is 0. The van der Waals surface area contributed by atoms with E-state index < -0.39 is 49.6 Å². The molecule has 0 aliphatic heterocycles. The van der Waals surface area contributed by atoms with Gasteiger partial charge in [0.25, 0.3) is 0 Å². The molecule has 0 unspecified atom stereocenters. The number of nitrogens with zero attached hydrogens (tertiary/aromatic N) is 1. The minimum atomic E-state index is -1.35. The molecule has 0 aromatic heterocycles. The minimum Gasteiger partial charge on any atom is -0.482 e. The van der Waals surface area contributed by atoms with Crippen LogP contribution in [0.3, 0.4) is 0 Å². The maximum absolute atomic E-state index is 11.4. The standard InChI is InChI=1S/C15H17NO9/c17-12(18)6-16(7-13(19)20)11(15(23)24)5-9-1-3-10(4-2-9)25-8-14(21)22/h1-4,11H,5-8H2,(H,17,18)(H,19,20)(H,21,22)(H,23,24)/t11-/m0/s1. The van der Waals surface area contributed by atoms with E-state index in [2.05, 4.69) is 0 Å². The fraction of sp³-hybridized carbons (Fsp3) is 0.333. The predicted molar refractivity (Wildman–Crippen MR) is 81.5 cm³/mol. The highest BCUT2D eigenvalue weighted by Gasteiger charge is 2.29. The highest BCUT2D eigenvalue weighted by Crippen LogP contribution is 2.15. The first kappa shape index (κ1) is 19.9. The number of ether oxygens (including phenoxy) is 1. The van der Waals surface area contributed by atoms with Gasteiger partial charge in [-0.2, -0.15) is 0 Å². The van der Waals surface area contributed by atoms with Gasteiger partial charge in [0.2, 0.25) is 0 Å². The Kier molecular flexibility index (Phi) is 7.35. The van der Waals surface area contributed by atoms with Crippen LogP contribution in [0.4, 0.5) is 0 Å². The quantitative estimate of drug-likeness (QED) is 0.411. The van der Waals surface area contributed by atoms with Crippen molar-refractivity contribution in [1.82, 2.24) is 4.90 Å². The largest absolute Gasteiger partial charge is 0.482 e. The van der Waals surface area contributed by atoms with Gasteiger partial charge in [0.15, 0.2) is 6.61 Å². The second-order valence-electron chi connectivity index (χ2n) is 5.08. The van der Waals surface area contributed by atoms with Crippen molar-refractivity contribution >= 4 is 23.9 Å². The molecule has 1 atom stereocenters. The number of carboxylic acids is 4. The summed E-state index contributed by atoms with van der Waals surface area (Å²) in [5, 5.41) is 35.5. The van der Waals surface area contributed by atoms with Crippen LogP contribution in [0.15, 0.2) is 24.3 Å². The van der Waals surface area contributed by atoms with Crippen LogP contribution < -0.4 is 4.74 Å². The van der Waals surface area contributed by atoms with Crippen molar-refractivity contribution in [2.24, 2.45) is 0 Å². The second-order valence-corrected chi connectivity index (χ2v) is 5.08. The third-order valence-corrected chi connectivity index (χ3v) is 3.12. The Bertz CT molecular complexity index is 625. The monoisotopic (exact) mass is 355 g/mol. The summed E-state index contributed by atoms with van der Waals surface area (Å²) in [6.07, 6.45) is -0.130.